The number of anilines is 2. The maximum atomic E-state index is 12.4. The average molecular weight is 336 g/mol. The summed E-state index contributed by atoms with van der Waals surface area (Å²) in [5.41, 5.74) is 3.68. The molecular formula is C19H20N4O2. The van der Waals surface area contributed by atoms with Crippen LogP contribution in [-0.2, 0) is 4.74 Å². The van der Waals surface area contributed by atoms with Gasteiger partial charge < -0.3 is 19.9 Å². The number of benzene rings is 1. The van der Waals surface area contributed by atoms with Gasteiger partial charge in [0.1, 0.15) is 11.5 Å². The summed E-state index contributed by atoms with van der Waals surface area (Å²) in [6.45, 7) is 5.22. The van der Waals surface area contributed by atoms with Gasteiger partial charge in [-0.25, -0.2) is 4.98 Å². The van der Waals surface area contributed by atoms with E-state index in [0.717, 1.165) is 48.5 Å². The Morgan fingerprint density at radius 3 is 2.80 bits per heavy atom. The standard InChI is InChI=1S/C19H20N4O2/c1-13-2-3-14-11-17(21-16(14)10-13)19(24)22-18-5-4-15(12-20-18)23-6-8-25-9-7-23/h2-5,10-12,21H,6-9H2,1H3,(H,20,22,24). The van der Waals surface area contributed by atoms with Crippen molar-refractivity contribution in [2.45, 2.75) is 6.92 Å². The molecular weight excluding hydrogens is 316 g/mol. The molecule has 1 aliphatic rings. The summed E-state index contributed by atoms with van der Waals surface area (Å²) < 4.78 is 5.36. The minimum atomic E-state index is -0.194. The number of hydrogen-bond acceptors (Lipinski definition) is 4. The van der Waals surface area contributed by atoms with Crippen molar-refractivity contribution in [1.82, 2.24) is 9.97 Å². The molecule has 1 saturated heterocycles. The monoisotopic (exact) mass is 336 g/mol. The van der Waals surface area contributed by atoms with E-state index in [1.807, 2.05) is 43.3 Å². The van der Waals surface area contributed by atoms with Gasteiger partial charge in [-0.05, 0) is 36.8 Å². The van der Waals surface area contributed by atoms with Gasteiger partial charge in [0.2, 0.25) is 0 Å². The van der Waals surface area contributed by atoms with Crippen molar-refractivity contribution in [2.24, 2.45) is 0 Å². The SMILES string of the molecule is Cc1ccc2cc(C(=O)Nc3ccc(N4CCOCC4)cn3)[nH]c2c1. The molecule has 2 aromatic heterocycles. The molecule has 6 nitrogen and oxygen atoms in total. The summed E-state index contributed by atoms with van der Waals surface area (Å²) in [6, 6.07) is 11.7. The van der Waals surface area contributed by atoms with E-state index < -0.39 is 0 Å². The van der Waals surface area contributed by atoms with Gasteiger partial charge in [-0.1, -0.05) is 12.1 Å². The van der Waals surface area contributed by atoms with Crippen molar-refractivity contribution >= 4 is 28.3 Å². The zero-order valence-electron chi connectivity index (χ0n) is 14.1. The second-order valence-electron chi connectivity index (χ2n) is 6.23. The van der Waals surface area contributed by atoms with Crippen LogP contribution in [0.4, 0.5) is 11.5 Å². The lowest BCUT2D eigenvalue weighted by Gasteiger charge is -2.28. The smallest absolute Gasteiger partial charge is 0.273 e. The number of fused-ring (bicyclic) bond motifs is 1. The van der Waals surface area contributed by atoms with Crippen LogP contribution in [-0.4, -0.2) is 42.2 Å². The third-order valence-electron chi connectivity index (χ3n) is 4.39. The van der Waals surface area contributed by atoms with Crippen LogP contribution in [0, 0.1) is 6.92 Å². The quantitative estimate of drug-likeness (QED) is 0.771. The summed E-state index contributed by atoms with van der Waals surface area (Å²) in [5, 5.41) is 3.86. The van der Waals surface area contributed by atoms with E-state index in [1.165, 1.54) is 0 Å². The van der Waals surface area contributed by atoms with Gasteiger partial charge >= 0.3 is 0 Å². The number of morpholine rings is 1. The van der Waals surface area contributed by atoms with Gasteiger partial charge in [-0.15, -0.1) is 0 Å². The number of amides is 1. The number of ether oxygens (including phenoxy) is 1. The Balaban J connectivity index is 1.47. The van der Waals surface area contributed by atoms with Crippen molar-refractivity contribution in [2.75, 3.05) is 36.5 Å². The van der Waals surface area contributed by atoms with Gasteiger partial charge in [0, 0.05) is 24.0 Å². The first kappa shape index (κ1) is 15.7. The van der Waals surface area contributed by atoms with Crippen LogP contribution in [0.5, 0.6) is 0 Å². The maximum absolute atomic E-state index is 12.4. The molecule has 0 saturated carbocycles. The van der Waals surface area contributed by atoms with Gasteiger partial charge in [-0.2, -0.15) is 0 Å². The molecule has 25 heavy (non-hydrogen) atoms. The molecule has 1 fully saturated rings. The summed E-state index contributed by atoms with van der Waals surface area (Å²) in [7, 11) is 0. The highest BCUT2D eigenvalue weighted by molar-refractivity contribution is 6.05. The number of aromatic nitrogens is 2. The minimum Gasteiger partial charge on any atom is -0.378 e. The number of rotatable bonds is 3. The van der Waals surface area contributed by atoms with Crippen LogP contribution in [0.3, 0.4) is 0 Å². The number of carbonyl (C=O) groups is 1. The van der Waals surface area contributed by atoms with Crippen LogP contribution in [0.15, 0.2) is 42.6 Å². The van der Waals surface area contributed by atoms with E-state index in [2.05, 4.69) is 20.2 Å². The zero-order chi connectivity index (χ0) is 17.2. The summed E-state index contributed by atoms with van der Waals surface area (Å²) in [6.07, 6.45) is 1.79. The highest BCUT2D eigenvalue weighted by Crippen LogP contribution is 2.19. The fraction of sp³-hybridized carbons (Fsp3) is 0.263. The first-order valence-corrected chi connectivity index (χ1v) is 8.38. The lowest BCUT2D eigenvalue weighted by Crippen LogP contribution is -2.36. The topological polar surface area (TPSA) is 70.2 Å². The molecule has 2 N–H and O–H groups in total. The number of aryl methyl sites for hydroxylation is 1. The first-order valence-electron chi connectivity index (χ1n) is 8.38. The van der Waals surface area contributed by atoms with Crippen LogP contribution in [0.25, 0.3) is 10.9 Å². The molecule has 0 bridgehead atoms. The van der Waals surface area contributed by atoms with E-state index >= 15 is 0 Å². The fourth-order valence-electron chi connectivity index (χ4n) is 3.02. The molecule has 0 aliphatic carbocycles. The molecule has 0 spiro atoms. The van der Waals surface area contributed by atoms with Crippen molar-refractivity contribution in [3.05, 3.63) is 53.9 Å². The Morgan fingerprint density at radius 1 is 1.20 bits per heavy atom. The minimum absolute atomic E-state index is 0.194. The van der Waals surface area contributed by atoms with Gasteiger partial charge in [0.15, 0.2) is 0 Å². The highest BCUT2D eigenvalue weighted by atomic mass is 16.5. The number of pyridine rings is 1. The molecule has 1 amide bonds. The predicted molar refractivity (Wildman–Crippen MR) is 98.3 cm³/mol. The van der Waals surface area contributed by atoms with Crippen molar-refractivity contribution < 1.29 is 9.53 Å². The number of aromatic amines is 1. The largest absolute Gasteiger partial charge is 0.378 e. The van der Waals surface area contributed by atoms with Crippen LogP contribution in [0.2, 0.25) is 0 Å². The average Bonchev–Trinajstić information content (AvgIpc) is 3.06. The van der Waals surface area contributed by atoms with Crippen molar-refractivity contribution in [3.8, 4) is 0 Å². The Labute approximate surface area is 145 Å². The van der Waals surface area contributed by atoms with E-state index in [4.69, 9.17) is 4.74 Å². The zero-order valence-corrected chi connectivity index (χ0v) is 14.1. The number of nitrogens with zero attached hydrogens (tertiary/aromatic N) is 2. The third-order valence-corrected chi connectivity index (χ3v) is 4.39. The molecule has 4 rings (SSSR count). The van der Waals surface area contributed by atoms with E-state index in [9.17, 15) is 4.79 Å². The van der Waals surface area contributed by atoms with E-state index in [0.29, 0.717) is 11.5 Å². The number of nitrogens with one attached hydrogen (secondary N) is 2. The van der Waals surface area contributed by atoms with E-state index in [1.54, 1.807) is 6.20 Å². The normalized spacial score (nSPS) is 14.7. The molecule has 3 aromatic rings. The van der Waals surface area contributed by atoms with Gasteiger partial charge in [0.05, 0.1) is 25.1 Å². The Kier molecular flexibility index (Phi) is 4.11. The first-order chi connectivity index (χ1) is 12.2. The fourth-order valence-corrected chi connectivity index (χ4v) is 3.02. The van der Waals surface area contributed by atoms with Crippen LogP contribution < -0.4 is 10.2 Å². The summed E-state index contributed by atoms with van der Waals surface area (Å²) in [4.78, 5) is 22.2. The van der Waals surface area contributed by atoms with Gasteiger partial charge in [0.25, 0.3) is 5.91 Å². The molecule has 0 radical (unpaired) electrons. The lowest BCUT2D eigenvalue weighted by atomic mass is 10.2. The second-order valence-corrected chi connectivity index (χ2v) is 6.23. The molecule has 3 heterocycles. The number of carbonyl (C=O) groups excluding carboxylic acids is 1. The Morgan fingerprint density at radius 2 is 2.04 bits per heavy atom. The summed E-state index contributed by atoms with van der Waals surface area (Å²) >= 11 is 0. The van der Waals surface area contributed by atoms with Crippen LogP contribution >= 0.6 is 0 Å². The number of H-pyrrole nitrogens is 1. The lowest BCUT2D eigenvalue weighted by molar-refractivity contribution is 0.102. The summed E-state index contributed by atoms with van der Waals surface area (Å²) in [5.74, 6) is 0.345. The Bertz CT molecular complexity index is 895. The maximum Gasteiger partial charge on any atom is 0.273 e. The number of hydrogen-bond donors (Lipinski definition) is 2. The second kappa shape index (κ2) is 6.57. The van der Waals surface area contributed by atoms with Crippen LogP contribution in [0.1, 0.15) is 16.1 Å². The third kappa shape index (κ3) is 3.34. The molecule has 1 aliphatic heterocycles. The highest BCUT2D eigenvalue weighted by Gasteiger charge is 2.13. The molecule has 128 valence electrons. The van der Waals surface area contributed by atoms with Crippen molar-refractivity contribution in [1.29, 1.82) is 0 Å². The molecule has 6 heteroatoms. The molecule has 1 aromatic carbocycles. The Hall–Kier alpha value is -2.86. The molecule has 0 atom stereocenters. The predicted octanol–water partition coefficient (Wildman–Crippen LogP) is 2.96. The van der Waals surface area contributed by atoms with Gasteiger partial charge in [-0.3, -0.25) is 4.79 Å². The van der Waals surface area contributed by atoms with E-state index in [-0.39, 0.29) is 5.91 Å². The molecule has 0 unspecified atom stereocenters. The van der Waals surface area contributed by atoms with Crippen molar-refractivity contribution in [3.63, 3.8) is 0 Å².